The quantitative estimate of drug-likeness (QED) is 0.819. The van der Waals surface area contributed by atoms with Gasteiger partial charge in [0.1, 0.15) is 5.60 Å². The Kier molecular flexibility index (Phi) is 5.54. The molecule has 0 fully saturated rings. The van der Waals surface area contributed by atoms with E-state index in [1.807, 2.05) is 45.2 Å². The van der Waals surface area contributed by atoms with Gasteiger partial charge in [0.25, 0.3) is 0 Å². The van der Waals surface area contributed by atoms with Crippen molar-refractivity contribution in [2.24, 2.45) is 0 Å². The number of thiophene rings is 1. The number of carbonyl (C=O) groups excluding carboxylic acids is 1. The maximum atomic E-state index is 11.5. The minimum Gasteiger partial charge on any atom is -0.444 e. The van der Waals surface area contributed by atoms with Crippen molar-refractivity contribution in [1.29, 1.82) is 0 Å². The first-order valence-electron chi connectivity index (χ1n) is 7.43. The molecule has 2 rings (SSSR count). The minimum absolute atomic E-state index is 0.427. The molecule has 0 aliphatic carbocycles. The topological polar surface area (TPSA) is 76.1 Å². The maximum Gasteiger partial charge on any atom is 0.407 e. The van der Waals surface area contributed by atoms with Gasteiger partial charge >= 0.3 is 6.09 Å². The molecule has 0 saturated carbocycles. The molecule has 0 aliphatic heterocycles. The van der Waals surface area contributed by atoms with Crippen LogP contribution >= 0.6 is 11.3 Å². The molecule has 2 aromatic rings. The third-order valence-corrected chi connectivity index (χ3v) is 3.68. The van der Waals surface area contributed by atoms with Crippen LogP contribution in [0.5, 0.6) is 0 Å². The lowest BCUT2D eigenvalue weighted by molar-refractivity contribution is 0.0530. The summed E-state index contributed by atoms with van der Waals surface area (Å²) >= 11 is 1.64. The zero-order chi connectivity index (χ0) is 16.9. The molecule has 0 spiro atoms. The molecule has 0 saturated heterocycles. The number of nitrogens with zero attached hydrogens (tertiary/aromatic N) is 2. The lowest BCUT2D eigenvalue weighted by Gasteiger charge is -2.19. The van der Waals surface area contributed by atoms with E-state index in [9.17, 15) is 4.79 Å². The molecule has 2 N–H and O–H groups in total. The van der Waals surface area contributed by atoms with Crippen molar-refractivity contribution in [1.82, 2.24) is 15.3 Å². The van der Waals surface area contributed by atoms with Gasteiger partial charge in [-0.05, 0) is 44.7 Å². The lowest BCUT2D eigenvalue weighted by atomic mass is 10.2. The number of rotatable bonds is 5. The second kappa shape index (κ2) is 7.41. The van der Waals surface area contributed by atoms with Crippen LogP contribution in [0.4, 0.5) is 10.7 Å². The number of nitrogens with one attached hydrogen (secondary N) is 2. The second-order valence-electron chi connectivity index (χ2n) is 6.06. The fourth-order valence-electron chi connectivity index (χ4n) is 1.84. The van der Waals surface area contributed by atoms with Crippen molar-refractivity contribution < 1.29 is 9.53 Å². The monoisotopic (exact) mass is 334 g/mol. The summed E-state index contributed by atoms with van der Waals surface area (Å²) in [6.07, 6.45) is 1.37. The van der Waals surface area contributed by atoms with E-state index in [1.165, 1.54) is 0 Å². The summed E-state index contributed by atoms with van der Waals surface area (Å²) in [5.41, 5.74) is 1.47. The minimum atomic E-state index is -0.493. The van der Waals surface area contributed by atoms with Gasteiger partial charge in [0.2, 0.25) is 5.95 Å². The van der Waals surface area contributed by atoms with Crippen molar-refractivity contribution in [3.8, 4) is 10.6 Å². The average molecular weight is 334 g/mol. The largest absolute Gasteiger partial charge is 0.444 e. The molecule has 0 atom stereocenters. The highest BCUT2D eigenvalue weighted by atomic mass is 32.1. The van der Waals surface area contributed by atoms with Crippen LogP contribution in [-0.2, 0) is 4.74 Å². The van der Waals surface area contributed by atoms with Gasteiger partial charge in [0, 0.05) is 19.3 Å². The summed E-state index contributed by atoms with van der Waals surface area (Å²) in [5.74, 6) is 0.546. The highest BCUT2D eigenvalue weighted by Gasteiger charge is 2.15. The van der Waals surface area contributed by atoms with Crippen LogP contribution in [0.2, 0.25) is 0 Å². The van der Waals surface area contributed by atoms with Crippen LogP contribution in [0.3, 0.4) is 0 Å². The molecule has 0 bridgehead atoms. The van der Waals surface area contributed by atoms with E-state index >= 15 is 0 Å². The predicted molar refractivity (Wildman–Crippen MR) is 92.8 cm³/mol. The zero-order valence-electron chi connectivity index (χ0n) is 13.8. The molecule has 1 amide bonds. The van der Waals surface area contributed by atoms with Gasteiger partial charge in [-0.3, -0.25) is 0 Å². The molecule has 124 valence electrons. The van der Waals surface area contributed by atoms with Crippen LogP contribution in [0.25, 0.3) is 10.6 Å². The van der Waals surface area contributed by atoms with Crippen molar-refractivity contribution in [2.75, 3.05) is 18.4 Å². The maximum absolute atomic E-state index is 11.5. The number of aryl methyl sites for hydroxylation is 1. The fourth-order valence-corrected chi connectivity index (χ4v) is 2.62. The molecule has 2 heterocycles. The summed E-state index contributed by atoms with van der Waals surface area (Å²) in [6.45, 7) is 8.43. The number of anilines is 1. The first-order valence-corrected chi connectivity index (χ1v) is 8.31. The van der Waals surface area contributed by atoms with E-state index in [1.54, 1.807) is 17.5 Å². The van der Waals surface area contributed by atoms with Gasteiger partial charge < -0.3 is 15.4 Å². The summed E-state index contributed by atoms with van der Waals surface area (Å²) < 4.78 is 5.17. The van der Waals surface area contributed by atoms with E-state index < -0.39 is 11.7 Å². The number of amides is 1. The van der Waals surface area contributed by atoms with Gasteiger partial charge in [0.05, 0.1) is 10.6 Å². The van der Waals surface area contributed by atoms with Gasteiger partial charge in [0.15, 0.2) is 0 Å². The Balaban J connectivity index is 1.85. The van der Waals surface area contributed by atoms with Crippen LogP contribution in [0.15, 0.2) is 23.7 Å². The summed E-state index contributed by atoms with van der Waals surface area (Å²) in [5, 5.41) is 7.81. The Labute approximate surface area is 140 Å². The van der Waals surface area contributed by atoms with Crippen molar-refractivity contribution in [3.63, 3.8) is 0 Å². The van der Waals surface area contributed by atoms with E-state index in [4.69, 9.17) is 4.74 Å². The predicted octanol–water partition coefficient (Wildman–Crippen LogP) is 3.45. The number of alkyl carbamates (subject to hydrolysis) is 1. The molecule has 0 aromatic carbocycles. The molecule has 0 radical (unpaired) electrons. The zero-order valence-corrected chi connectivity index (χ0v) is 14.7. The van der Waals surface area contributed by atoms with E-state index in [0.717, 1.165) is 16.1 Å². The Morgan fingerprint density at radius 2 is 2.13 bits per heavy atom. The Morgan fingerprint density at radius 3 is 2.78 bits per heavy atom. The Bertz CT molecular complexity index is 651. The standard InChI is InChI=1S/C16H22N4O2S/c1-11-10-19-14(20-13(11)12-6-5-9-23-12)17-7-8-18-15(21)22-16(2,3)4/h5-6,9-10H,7-8H2,1-4H3,(H,18,21)(H,17,19,20). The lowest BCUT2D eigenvalue weighted by Crippen LogP contribution is -2.35. The third-order valence-electron chi connectivity index (χ3n) is 2.80. The number of hydrogen-bond donors (Lipinski definition) is 2. The summed E-state index contributed by atoms with van der Waals surface area (Å²) in [4.78, 5) is 21.4. The van der Waals surface area contributed by atoms with Crippen LogP contribution in [-0.4, -0.2) is 34.8 Å². The highest BCUT2D eigenvalue weighted by molar-refractivity contribution is 7.13. The molecule has 6 nitrogen and oxygen atoms in total. The Morgan fingerprint density at radius 1 is 1.35 bits per heavy atom. The average Bonchev–Trinajstić information content (AvgIpc) is 2.97. The smallest absolute Gasteiger partial charge is 0.407 e. The number of hydrogen-bond acceptors (Lipinski definition) is 6. The Hall–Kier alpha value is -2.15. The van der Waals surface area contributed by atoms with Crippen molar-refractivity contribution >= 4 is 23.4 Å². The molecule has 23 heavy (non-hydrogen) atoms. The highest BCUT2D eigenvalue weighted by Crippen LogP contribution is 2.26. The third kappa shape index (κ3) is 5.52. The van der Waals surface area contributed by atoms with Crippen LogP contribution in [0.1, 0.15) is 26.3 Å². The number of carbonyl (C=O) groups is 1. The number of aromatic nitrogens is 2. The molecule has 0 aliphatic rings. The molecule has 7 heteroatoms. The molecule has 2 aromatic heterocycles. The van der Waals surface area contributed by atoms with Gasteiger partial charge in [-0.1, -0.05) is 6.07 Å². The van der Waals surface area contributed by atoms with E-state index in [2.05, 4.69) is 20.6 Å². The normalized spacial score (nSPS) is 11.1. The second-order valence-corrected chi connectivity index (χ2v) is 7.01. The van der Waals surface area contributed by atoms with E-state index in [0.29, 0.717) is 19.0 Å². The van der Waals surface area contributed by atoms with E-state index in [-0.39, 0.29) is 0 Å². The first-order chi connectivity index (χ1) is 10.8. The summed E-state index contributed by atoms with van der Waals surface area (Å²) in [6, 6.07) is 4.03. The van der Waals surface area contributed by atoms with Crippen molar-refractivity contribution in [3.05, 3.63) is 29.3 Å². The fraction of sp³-hybridized carbons (Fsp3) is 0.438. The summed E-state index contributed by atoms with van der Waals surface area (Å²) in [7, 11) is 0. The molecule has 0 unspecified atom stereocenters. The molecular weight excluding hydrogens is 312 g/mol. The number of ether oxygens (including phenoxy) is 1. The van der Waals surface area contributed by atoms with Crippen LogP contribution < -0.4 is 10.6 Å². The van der Waals surface area contributed by atoms with Gasteiger partial charge in [-0.15, -0.1) is 11.3 Å². The van der Waals surface area contributed by atoms with Crippen LogP contribution in [0, 0.1) is 6.92 Å². The van der Waals surface area contributed by atoms with Gasteiger partial charge in [-0.2, -0.15) is 0 Å². The van der Waals surface area contributed by atoms with Gasteiger partial charge in [-0.25, -0.2) is 14.8 Å². The molecular formula is C16H22N4O2S. The first kappa shape index (κ1) is 17.2. The van der Waals surface area contributed by atoms with Crippen molar-refractivity contribution in [2.45, 2.75) is 33.3 Å². The SMILES string of the molecule is Cc1cnc(NCCNC(=O)OC(C)(C)C)nc1-c1cccs1.